The predicted octanol–water partition coefficient (Wildman–Crippen LogP) is 6.31. The van der Waals surface area contributed by atoms with Crippen molar-refractivity contribution < 1.29 is 38.2 Å². The molecule has 4 aromatic rings. The standard InChI is InChI=1S/C35H30BrCl2N3O10S/c1-5-48-27-14-20(8-10-26(27)50-17-29(42)47-4)31-30(34(44)49-6-2)18(3)39-35-40(31)33(43)28(52-35)13-19-11-23(36)32(25(12-19)41(45)46)51-16-21-7-9-22(37)15-24(21)38/h7-15,31H,5-6,16-17H2,1-4H3/b28-13+/t31-/m1/s1. The van der Waals surface area contributed by atoms with Crippen molar-refractivity contribution in [3.63, 3.8) is 0 Å². The van der Waals surface area contributed by atoms with E-state index in [4.69, 9.17) is 42.1 Å². The highest BCUT2D eigenvalue weighted by atomic mass is 79.9. The number of esters is 2. The molecule has 1 aromatic heterocycles. The van der Waals surface area contributed by atoms with Crippen molar-refractivity contribution in [1.82, 2.24) is 4.57 Å². The Bertz CT molecular complexity index is 2290. The summed E-state index contributed by atoms with van der Waals surface area (Å²) in [5.74, 6) is -0.779. The van der Waals surface area contributed by atoms with E-state index >= 15 is 0 Å². The number of halogens is 3. The summed E-state index contributed by atoms with van der Waals surface area (Å²) in [5.41, 5.74) is 0.969. The number of benzene rings is 3. The molecule has 13 nitrogen and oxygen atoms in total. The first kappa shape index (κ1) is 38.5. The van der Waals surface area contributed by atoms with Gasteiger partial charge in [0.15, 0.2) is 22.9 Å². The molecule has 1 aliphatic rings. The van der Waals surface area contributed by atoms with Crippen LogP contribution in [0.3, 0.4) is 0 Å². The Morgan fingerprint density at radius 3 is 2.50 bits per heavy atom. The molecular formula is C35H30BrCl2N3O10S. The summed E-state index contributed by atoms with van der Waals surface area (Å²) < 4.78 is 29.1. The van der Waals surface area contributed by atoms with E-state index in [-0.39, 0.29) is 68.7 Å². The SMILES string of the molecule is CCOC(=O)C1=C(C)N=c2s/c(=C/c3cc(Br)c(OCc4ccc(Cl)cc4Cl)c([N+](=O)[O-])c3)c(=O)n2[C@@H]1c1ccc(OCC(=O)OC)c(OCC)c1. The molecule has 0 saturated heterocycles. The van der Waals surface area contributed by atoms with Gasteiger partial charge in [-0.25, -0.2) is 14.6 Å². The maximum Gasteiger partial charge on any atom is 0.343 e. The van der Waals surface area contributed by atoms with Crippen molar-refractivity contribution in [3.05, 3.63) is 121 Å². The summed E-state index contributed by atoms with van der Waals surface area (Å²) in [7, 11) is 1.24. The number of carbonyl (C=O) groups excluding carboxylic acids is 2. The minimum atomic E-state index is -0.997. The number of methoxy groups -OCH3 is 1. The van der Waals surface area contributed by atoms with E-state index < -0.39 is 28.5 Å². The quantitative estimate of drug-likeness (QED) is 0.0850. The minimum absolute atomic E-state index is 0.0338. The molecule has 0 aliphatic carbocycles. The second kappa shape index (κ2) is 16.8. The third-order valence-electron chi connectivity index (χ3n) is 7.60. The Balaban J connectivity index is 1.60. The molecule has 0 bridgehead atoms. The van der Waals surface area contributed by atoms with Gasteiger partial charge < -0.3 is 23.7 Å². The summed E-state index contributed by atoms with van der Waals surface area (Å²) in [6.45, 7) is 4.97. The monoisotopic (exact) mass is 833 g/mol. The van der Waals surface area contributed by atoms with Crippen LogP contribution in [0.2, 0.25) is 10.0 Å². The van der Waals surface area contributed by atoms with E-state index in [9.17, 15) is 24.5 Å². The summed E-state index contributed by atoms with van der Waals surface area (Å²) >= 11 is 16.7. The Morgan fingerprint density at radius 2 is 1.83 bits per heavy atom. The van der Waals surface area contributed by atoms with Crippen molar-refractivity contribution in [2.24, 2.45) is 4.99 Å². The maximum absolute atomic E-state index is 14.2. The predicted molar refractivity (Wildman–Crippen MR) is 197 cm³/mol. The van der Waals surface area contributed by atoms with Gasteiger partial charge in [-0.1, -0.05) is 46.7 Å². The lowest BCUT2D eigenvalue weighted by molar-refractivity contribution is -0.386. The average molecular weight is 836 g/mol. The number of nitro benzene ring substituents is 1. The lowest BCUT2D eigenvalue weighted by Gasteiger charge is -2.25. The summed E-state index contributed by atoms with van der Waals surface area (Å²) in [6, 6.07) is 11.5. The van der Waals surface area contributed by atoms with Crippen LogP contribution in [-0.2, 0) is 25.7 Å². The second-order valence-corrected chi connectivity index (χ2v) is 13.6. The first-order chi connectivity index (χ1) is 24.9. The van der Waals surface area contributed by atoms with Gasteiger partial charge in [-0.15, -0.1) is 0 Å². The number of aromatic nitrogens is 1. The van der Waals surface area contributed by atoms with Crippen molar-refractivity contribution in [2.45, 2.75) is 33.4 Å². The molecule has 0 N–H and O–H groups in total. The van der Waals surface area contributed by atoms with Gasteiger partial charge in [0.25, 0.3) is 5.56 Å². The van der Waals surface area contributed by atoms with Crippen LogP contribution in [0.1, 0.15) is 43.5 Å². The number of ether oxygens (including phenoxy) is 5. The maximum atomic E-state index is 14.2. The number of nitrogens with zero attached hydrogens (tertiary/aromatic N) is 3. The lowest BCUT2D eigenvalue weighted by Crippen LogP contribution is -2.40. The third kappa shape index (κ3) is 8.33. The van der Waals surface area contributed by atoms with E-state index in [1.165, 1.54) is 23.8 Å². The number of rotatable bonds is 13. The molecule has 3 aromatic carbocycles. The van der Waals surface area contributed by atoms with Crippen molar-refractivity contribution >= 4 is 74.2 Å². The number of thiazole rings is 1. The average Bonchev–Trinajstić information content (AvgIpc) is 3.40. The zero-order chi connectivity index (χ0) is 37.7. The Kier molecular flexibility index (Phi) is 12.4. The smallest absolute Gasteiger partial charge is 0.343 e. The van der Waals surface area contributed by atoms with E-state index in [2.05, 4.69) is 25.7 Å². The second-order valence-electron chi connectivity index (χ2n) is 10.9. The number of fused-ring (bicyclic) bond motifs is 1. The lowest BCUT2D eigenvalue weighted by atomic mass is 9.95. The van der Waals surface area contributed by atoms with Gasteiger partial charge in [0.2, 0.25) is 5.75 Å². The molecule has 0 amide bonds. The van der Waals surface area contributed by atoms with Gasteiger partial charge in [-0.3, -0.25) is 19.5 Å². The van der Waals surface area contributed by atoms with Crippen LogP contribution in [0.4, 0.5) is 5.69 Å². The molecule has 52 heavy (non-hydrogen) atoms. The van der Waals surface area contributed by atoms with Gasteiger partial charge >= 0.3 is 17.6 Å². The fraction of sp³-hybridized carbons (Fsp3) is 0.257. The summed E-state index contributed by atoms with van der Waals surface area (Å²) in [5, 5.41) is 13.0. The van der Waals surface area contributed by atoms with Crippen LogP contribution in [0, 0.1) is 10.1 Å². The molecule has 17 heteroatoms. The van der Waals surface area contributed by atoms with Crippen molar-refractivity contribution in [3.8, 4) is 17.2 Å². The first-order valence-electron chi connectivity index (χ1n) is 15.6. The minimum Gasteiger partial charge on any atom is -0.490 e. The molecule has 0 spiro atoms. The van der Waals surface area contributed by atoms with E-state index in [1.54, 1.807) is 63.2 Å². The van der Waals surface area contributed by atoms with Gasteiger partial charge in [0.1, 0.15) is 6.61 Å². The van der Waals surface area contributed by atoms with E-state index in [0.717, 1.165) is 11.3 Å². The van der Waals surface area contributed by atoms with Crippen molar-refractivity contribution in [1.29, 1.82) is 0 Å². The highest BCUT2D eigenvalue weighted by Gasteiger charge is 2.34. The molecule has 0 fully saturated rings. The molecule has 1 atom stereocenters. The van der Waals surface area contributed by atoms with E-state index in [1.807, 2.05) is 0 Å². The zero-order valence-electron chi connectivity index (χ0n) is 28.1. The largest absolute Gasteiger partial charge is 0.490 e. The summed E-state index contributed by atoms with van der Waals surface area (Å²) in [6.07, 6.45) is 1.50. The first-order valence-corrected chi connectivity index (χ1v) is 17.9. The number of nitro groups is 1. The molecular weight excluding hydrogens is 805 g/mol. The van der Waals surface area contributed by atoms with Gasteiger partial charge in [0, 0.05) is 21.7 Å². The number of hydrogen-bond donors (Lipinski definition) is 0. The van der Waals surface area contributed by atoms with Gasteiger partial charge in [-0.05, 0) is 84.2 Å². The number of hydrogen-bond acceptors (Lipinski definition) is 12. The third-order valence-corrected chi connectivity index (χ3v) is 9.76. The fourth-order valence-corrected chi connectivity index (χ4v) is 7.38. The Morgan fingerprint density at radius 1 is 1.06 bits per heavy atom. The van der Waals surface area contributed by atoms with Crippen LogP contribution < -0.4 is 29.1 Å². The molecule has 1 aliphatic heterocycles. The molecule has 0 saturated carbocycles. The highest BCUT2D eigenvalue weighted by molar-refractivity contribution is 9.10. The topological polar surface area (TPSA) is 158 Å². The number of carbonyl (C=O) groups is 2. The zero-order valence-corrected chi connectivity index (χ0v) is 32.0. The van der Waals surface area contributed by atoms with Crippen LogP contribution in [0.5, 0.6) is 17.2 Å². The highest BCUT2D eigenvalue weighted by Crippen LogP contribution is 2.39. The van der Waals surface area contributed by atoms with Crippen LogP contribution in [0.25, 0.3) is 6.08 Å². The van der Waals surface area contributed by atoms with Gasteiger partial charge in [-0.2, -0.15) is 0 Å². The normalized spacial score (nSPS) is 14.0. The molecule has 0 unspecified atom stereocenters. The summed E-state index contributed by atoms with van der Waals surface area (Å²) in [4.78, 5) is 55.8. The fourth-order valence-electron chi connectivity index (χ4n) is 5.29. The Labute approximate surface area is 318 Å². The van der Waals surface area contributed by atoms with Crippen LogP contribution in [-0.4, -0.2) is 48.4 Å². The van der Waals surface area contributed by atoms with E-state index in [0.29, 0.717) is 32.4 Å². The molecule has 0 radical (unpaired) electrons. The van der Waals surface area contributed by atoms with Gasteiger partial charge in [0.05, 0.1) is 51.6 Å². The molecule has 5 rings (SSSR count). The molecule has 272 valence electrons. The Hall–Kier alpha value is -4.70. The molecule has 2 heterocycles. The van der Waals surface area contributed by atoms with Crippen LogP contribution in [0.15, 0.2) is 74.1 Å². The van der Waals surface area contributed by atoms with Crippen molar-refractivity contribution in [2.75, 3.05) is 26.9 Å². The number of allylic oxidation sites excluding steroid dienone is 1. The van der Waals surface area contributed by atoms with Crippen LogP contribution >= 0.6 is 50.5 Å².